The molecule has 0 spiro atoms. The molecule has 0 saturated heterocycles. The summed E-state index contributed by atoms with van der Waals surface area (Å²) in [5, 5.41) is 3.42. The largest absolute Gasteiger partial charge is 0.381 e. The first-order valence-electron chi connectivity index (χ1n) is 6.22. The van der Waals surface area contributed by atoms with Crippen molar-refractivity contribution in [2.75, 3.05) is 19.8 Å². The van der Waals surface area contributed by atoms with Gasteiger partial charge in [0.2, 0.25) is 0 Å². The van der Waals surface area contributed by atoms with Gasteiger partial charge in [-0.3, -0.25) is 0 Å². The molecule has 1 rings (SSSR count). The summed E-state index contributed by atoms with van der Waals surface area (Å²) in [6, 6.07) is 8.30. The van der Waals surface area contributed by atoms with E-state index in [-0.39, 0.29) is 0 Å². The van der Waals surface area contributed by atoms with E-state index >= 15 is 0 Å². The fraction of sp³-hybridized carbons (Fsp3) is 0.571. The van der Waals surface area contributed by atoms with E-state index < -0.39 is 0 Å². The molecule has 2 nitrogen and oxygen atoms in total. The molecule has 1 N–H and O–H groups in total. The average Bonchev–Trinajstić information content (AvgIpc) is 2.30. The van der Waals surface area contributed by atoms with Crippen LogP contribution in [-0.4, -0.2) is 19.8 Å². The lowest BCUT2D eigenvalue weighted by atomic mass is 10.2. The van der Waals surface area contributed by atoms with Gasteiger partial charge in [0.1, 0.15) is 0 Å². The lowest BCUT2D eigenvalue weighted by molar-refractivity contribution is 0.108. The number of nitrogens with one attached hydrogen (secondary N) is 1. The zero-order chi connectivity index (χ0) is 12.5. The van der Waals surface area contributed by atoms with Gasteiger partial charge in [0.05, 0.1) is 0 Å². The van der Waals surface area contributed by atoms with Gasteiger partial charge in [-0.15, -0.1) is 0 Å². The first-order chi connectivity index (χ1) is 8.20. The maximum Gasteiger partial charge on any atom is 0.0489 e. The molecule has 1 aromatic rings. The van der Waals surface area contributed by atoms with Gasteiger partial charge in [0, 0.05) is 24.2 Å². The first-order valence-corrected chi connectivity index (χ1v) is 7.01. The Bertz CT molecular complexity index is 315. The van der Waals surface area contributed by atoms with Crippen LogP contribution in [0.15, 0.2) is 28.7 Å². The lowest BCUT2D eigenvalue weighted by Crippen LogP contribution is -2.17. The minimum atomic E-state index is 0.628. The summed E-state index contributed by atoms with van der Waals surface area (Å²) in [6.45, 7) is 7.97. The Morgan fingerprint density at radius 3 is 2.76 bits per heavy atom. The maximum absolute atomic E-state index is 5.52. The van der Waals surface area contributed by atoms with E-state index in [4.69, 9.17) is 4.74 Å². The van der Waals surface area contributed by atoms with Crippen LogP contribution in [0.4, 0.5) is 0 Å². The number of benzene rings is 1. The van der Waals surface area contributed by atoms with Crippen molar-refractivity contribution < 1.29 is 4.74 Å². The van der Waals surface area contributed by atoms with Crippen molar-refractivity contribution in [1.29, 1.82) is 0 Å². The number of rotatable bonds is 8. The maximum atomic E-state index is 5.52. The Morgan fingerprint density at radius 2 is 2.06 bits per heavy atom. The van der Waals surface area contributed by atoms with E-state index in [1.165, 1.54) is 10.0 Å². The topological polar surface area (TPSA) is 21.3 Å². The molecule has 0 aromatic heterocycles. The van der Waals surface area contributed by atoms with Crippen LogP contribution in [0.5, 0.6) is 0 Å². The molecule has 17 heavy (non-hydrogen) atoms. The monoisotopic (exact) mass is 299 g/mol. The van der Waals surface area contributed by atoms with Crippen molar-refractivity contribution in [3.05, 3.63) is 34.3 Å². The molecule has 0 aliphatic rings. The van der Waals surface area contributed by atoms with Crippen molar-refractivity contribution in [2.45, 2.75) is 26.8 Å². The third kappa shape index (κ3) is 6.81. The van der Waals surface area contributed by atoms with Crippen LogP contribution in [0, 0.1) is 5.92 Å². The third-order valence-corrected chi connectivity index (χ3v) is 3.14. The highest BCUT2D eigenvalue weighted by molar-refractivity contribution is 9.10. The van der Waals surface area contributed by atoms with Gasteiger partial charge in [-0.05, 0) is 30.5 Å². The SMILES string of the molecule is CC(C)COCCCNCc1ccccc1Br. The highest BCUT2D eigenvalue weighted by Gasteiger charge is 1.97. The van der Waals surface area contributed by atoms with Gasteiger partial charge in [-0.2, -0.15) is 0 Å². The zero-order valence-electron chi connectivity index (χ0n) is 10.7. The zero-order valence-corrected chi connectivity index (χ0v) is 12.3. The summed E-state index contributed by atoms with van der Waals surface area (Å²) in [4.78, 5) is 0. The summed E-state index contributed by atoms with van der Waals surface area (Å²) in [7, 11) is 0. The second kappa shape index (κ2) is 8.67. The van der Waals surface area contributed by atoms with Crippen LogP contribution in [0.1, 0.15) is 25.8 Å². The summed E-state index contributed by atoms with van der Waals surface area (Å²) >= 11 is 3.54. The number of halogens is 1. The van der Waals surface area contributed by atoms with E-state index in [2.05, 4.69) is 53.3 Å². The van der Waals surface area contributed by atoms with Gasteiger partial charge >= 0.3 is 0 Å². The fourth-order valence-corrected chi connectivity index (χ4v) is 1.91. The molecule has 0 amide bonds. The Balaban J connectivity index is 2.03. The van der Waals surface area contributed by atoms with Crippen molar-refractivity contribution >= 4 is 15.9 Å². The molecular weight excluding hydrogens is 278 g/mol. The number of hydrogen-bond acceptors (Lipinski definition) is 2. The van der Waals surface area contributed by atoms with E-state index in [0.29, 0.717) is 5.92 Å². The molecule has 1 aromatic carbocycles. The van der Waals surface area contributed by atoms with Gasteiger partial charge in [0.25, 0.3) is 0 Å². The molecule has 0 aliphatic carbocycles. The second-order valence-corrected chi connectivity index (χ2v) is 5.44. The van der Waals surface area contributed by atoms with Crippen LogP contribution in [0.3, 0.4) is 0 Å². The molecule has 0 heterocycles. The van der Waals surface area contributed by atoms with E-state index in [9.17, 15) is 0 Å². The summed E-state index contributed by atoms with van der Waals surface area (Å²) in [6.07, 6.45) is 1.07. The molecule has 0 radical (unpaired) electrons. The first kappa shape index (κ1) is 14.7. The van der Waals surface area contributed by atoms with Crippen molar-refractivity contribution in [3.63, 3.8) is 0 Å². The van der Waals surface area contributed by atoms with Gasteiger partial charge < -0.3 is 10.1 Å². The molecule has 0 unspecified atom stereocenters. The molecule has 96 valence electrons. The Morgan fingerprint density at radius 1 is 1.29 bits per heavy atom. The highest BCUT2D eigenvalue weighted by atomic mass is 79.9. The number of ether oxygens (including phenoxy) is 1. The highest BCUT2D eigenvalue weighted by Crippen LogP contribution is 2.15. The van der Waals surface area contributed by atoms with E-state index in [0.717, 1.165) is 32.7 Å². The lowest BCUT2D eigenvalue weighted by Gasteiger charge is -2.08. The van der Waals surface area contributed by atoms with Crippen molar-refractivity contribution in [3.8, 4) is 0 Å². The molecule has 0 bridgehead atoms. The molecule has 0 aliphatic heterocycles. The Labute approximate surface area is 113 Å². The average molecular weight is 300 g/mol. The van der Waals surface area contributed by atoms with Gasteiger partial charge in [-0.25, -0.2) is 0 Å². The normalized spacial score (nSPS) is 11.1. The third-order valence-electron chi connectivity index (χ3n) is 2.37. The summed E-state index contributed by atoms with van der Waals surface area (Å²) in [5.74, 6) is 0.628. The standard InChI is InChI=1S/C14H22BrNO/c1-12(2)11-17-9-5-8-16-10-13-6-3-4-7-14(13)15/h3-4,6-7,12,16H,5,8-11H2,1-2H3. The van der Waals surface area contributed by atoms with Gasteiger partial charge in [-0.1, -0.05) is 48.0 Å². The molecule has 0 atom stereocenters. The van der Waals surface area contributed by atoms with E-state index in [1.54, 1.807) is 0 Å². The Hall–Kier alpha value is -0.380. The van der Waals surface area contributed by atoms with Crippen molar-refractivity contribution in [2.24, 2.45) is 5.92 Å². The van der Waals surface area contributed by atoms with Crippen LogP contribution in [0.2, 0.25) is 0 Å². The van der Waals surface area contributed by atoms with E-state index in [1.807, 2.05) is 6.07 Å². The minimum Gasteiger partial charge on any atom is -0.381 e. The molecule has 0 saturated carbocycles. The summed E-state index contributed by atoms with van der Waals surface area (Å²) < 4.78 is 6.69. The predicted octanol–water partition coefficient (Wildman–Crippen LogP) is 3.60. The molecular formula is C14H22BrNO. The minimum absolute atomic E-state index is 0.628. The quantitative estimate of drug-likeness (QED) is 0.741. The smallest absolute Gasteiger partial charge is 0.0489 e. The molecule has 0 fully saturated rings. The Kier molecular flexibility index (Phi) is 7.49. The van der Waals surface area contributed by atoms with Crippen LogP contribution < -0.4 is 5.32 Å². The second-order valence-electron chi connectivity index (χ2n) is 4.59. The van der Waals surface area contributed by atoms with Crippen molar-refractivity contribution in [1.82, 2.24) is 5.32 Å². The fourth-order valence-electron chi connectivity index (χ4n) is 1.48. The van der Waals surface area contributed by atoms with Crippen LogP contribution in [-0.2, 0) is 11.3 Å². The summed E-state index contributed by atoms with van der Waals surface area (Å²) in [5.41, 5.74) is 1.30. The molecule has 3 heteroatoms. The van der Waals surface area contributed by atoms with Gasteiger partial charge in [0.15, 0.2) is 0 Å². The number of hydrogen-bond donors (Lipinski definition) is 1. The van der Waals surface area contributed by atoms with Crippen LogP contribution >= 0.6 is 15.9 Å². The van der Waals surface area contributed by atoms with Crippen LogP contribution in [0.25, 0.3) is 0 Å². The predicted molar refractivity (Wildman–Crippen MR) is 76.1 cm³/mol.